The van der Waals surface area contributed by atoms with Gasteiger partial charge in [0.25, 0.3) is 0 Å². The van der Waals surface area contributed by atoms with Crippen molar-refractivity contribution in [2.45, 2.75) is 40.2 Å². The number of hydrogen-bond acceptors (Lipinski definition) is 5. The molecule has 160 valence electrons. The van der Waals surface area contributed by atoms with E-state index >= 15 is 0 Å². The first-order valence-electron chi connectivity index (χ1n) is 9.91. The maximum absolute atomic E-state index is 5.44. The van der Waals surface area contributed by atoms with Crippen LogP contribution in [0.1, 0.15) is 37.7 Å². The van der Waals surface area contributed by atoms with Crippen LogP contribution in [0.4, 0.5) is 5.69 Å². The van der Waals surface area contributed by atoms with Gasteiger partial charge >= 0.3 is 0 Å². The summed E-state index contributed by atoms with van der Waals surface area (Å²) in [6.07, 6.45) is 1.81. The standard InChI is InChI=1S/C21H33N5O3/c1-8-16-15(17(9-2)26(4)25-16)13-23-21(22-10-3)24-14-11-18(27-5)20(29-7)19(12-14)28-6/h11-12H,8-10,13H2,1-7H3,(H2,22,23,24). The highest BCUT2D eigenvalue weighted by atomic mass is 16.5. The minimum Gasteiger partial charge on any atom is -0.493 e. The molecule has 2 aromatic rings. The summed E-state index contributed by atoms with van der Waals surface area (Å²) in [7, 11) is 6.77. The second kappa shape index (κ2) is 10.6. The molecule has 0 saturated carbocycles. The van der Waals surface area contributed by atoms with Crippen molar-refractivity contribution in [2.75, 3.05) is 33.2 Å². The second-order valence-corrected chi connectivity index (χ2v) is 6.44. The monoisotopic (exact) mass is 403 g/mol. The molecule has 29 heavy (non-hydrogen) atoms. The van der Waals surface area contributed by atoms with E-state index in [1.54, 1.807) is 21.3 Å². The van der Waals surface area contributed by atoms with E-state index in [1.807, 2.05) is 30.8 Å². The molecule has 0 bridgehead atoms. The second-order valence-electron chi connectivity index (χ2n) is 6.44. The molecule has 2 rings (SSSR count). The highest BCUT2D eigenvalue weighted by Gasteiger charge is 2.15. The minimum absolute atomic E-state index is 0.554. The minimum atomic E-state index is 0.554. The Hall–Kier alpha value is -2.90. The molecule has 2 N–H and O–H groups in total. The summed E-state index contributed by atoms with van der Waals surface area (Å²) in [4.78, 5) is 4.79. The summed E-state index contributed by atoms with van der Waals surface area (Å²) in [5.74, 6) is 2.39. The first-order valence-corrected chi connectivity index (χ1v) is 9.91. The van der Waals surface area contributed by atoms with Crippen LogP contribution < -0.4 is 24.8 Å². The molecule has 1 heterocycles. The molecule has 0 atom stereocenters. The van der Waals surface area contributed by atoms with Crippen molar-refractivity contribution in [2.24, 2.45) is 12.0 Å². The lowest BCUT2D eigenvalue weighted by Crippen LogP contribution is -2.30. The lowest BCUT2D eigenvalue weighted by molar-refractivity contribution is 0.324. The maximum atomic E-state index is 5.44. The van der Waals surface area contributed by atoms with Gasteiger partial charge in [-0.15, -0.1) is 0 Å². The zero-order valence-electron chi connectivity index (χ0n) is 18.5. The highest BCUT2D eigenvalue weighted by Crippen LogP contribution is 2.39. The number of rotatable bonds is 9. The fraction of sp³-hybridized carbons (Fsp3) is 0.524. The van der Waals surface area contributed by atoms with Gasteiger partial charge in [0.15, 0.2) is 17.5 Å². The average Bonchev–Trinajstić information content (AvgIpc) is 3.05. The number of aryl methyl sites for hydroxylation is 2. The van der Waals surface area contributed by atoms with E-state index < -0.39 is 0 Å². The van der Waals surface area contributed by atoms with Gasteiger partial charge in [-0.3, -0.25) is 4.68 Å². The fourth-order valence-electron chi connectivity index (χ4n) is 3.33. The molecular formula is C21H33N5O3. The number of benzene rings is 1. The third kappa shape index (κ3) is 5.13. The summed E-state index contributed by atoms with van der Waals surface area (Å²) in [6.45, 7) is 7.59. The van der Waals surface area contributed by atoms with Gasteiger partial charge in [-0.2, -0.15) is 5.10 Å². The summed E-state index contributed by atoms with van der Waals surface area (Å²) in [5, 5.41) is 11.2. The fourth-order valence-corrected chi connectivity index (χ4v) is 3.33. The molecule has 0 amide bonds. The van der Waals surface area contributed by atoms with Crippen LogP contribution >= 0.6 is 0 Å². The third-order valence-corrected chi connectivity index (χ3v) is 4.69. The van der Waals surface area contributed by atoms with Crippen LogP contribution in [0, 0.1) is 0 Å². The smallest absolute Gasteiger partial charge is 0.203 e. The number of nitrogens with zero attached hydrogens (tertiary/aromatic N) is 3. The molecule has 0 unspecified atom stereocenters. The van der Waals surface area contributed by atoms with Gasteiger partial charge < -0.3 is 24.8 Å². The van der Waals surface area contributed by atoms with Gasteiger partial charge in [0.2, 0.25) is 5.75 Å². The van der Waals surface area contributed by atoms with E-state index in [9.17, 15) is 0 Å². The first kappa shape index (κ1) is 22.4. The van der Waals surface area contributed by atoms with Crippen molar-refractivity contribution in [3.63, 3.8) is 0 Å². The molecule has 1 aromatic carbocycles. The number of methoxy groups -OCH3 is 3. The summed E-state index contributed by atoms with van der Waals surface area (Å²) >= 11 is 0. The Bertz CT molecular complexity index is 820. The van der Waals surface area contributed by atoms with Crippen LogP contribution in [0.15, 0.2) is 17.1 Å². The Morgan fingerprint density at radius 3 is 2.17 bits per heavy atom. The lowest BCUT2D eigenvalue weighted by Gasteiger charge is -2.16. The lowest BCUT2D eigenvalue weighted by atomic mass is 10.1. The Labute approximate surface area is 173 Å². The molecule has 0 aliphatic carbocycles. The van der Waals surface area contributed by atoms with Gasteiger partial charge in [-0.05, 0) is 19.8 Å². The van der Waals surface area contributed by atoms with Crippen LogP contribution in [-0.2, 0) is 26.4 Å². The number of hydrogen-bond donors (Lipinski definition) is 2. The van der Waals surface area contributed by atoms with Gasteiger partial charge in [-0.25, -0.2) is 4.99 Å². The molecule has 8 heteroatoms. The largest absolute Gasteiger partial charge is 0.493 e. The number of guanidine groups is 1. The zero-order valence-corrected chi connectivity index (χ0v) is 18.5. The van der Waals surface area contributed by atoms with Crippen LogP contribution in [0.5, 0.6) is 17.2 Å². The zero-order chi connectivity index (χ0) is 21.4. The summed E-state index contributed by atoms with van der Waals surface area (Å²) in [6, 6.07) is 3.71. The van der Waals surface area contributed by atoms with Gasteiger partial charge in [-0.1, -0.05) is 13.8 Å². The van der Waals surface area contributed by atoms with Gasteiger partial charge in [0, 0.05) is 42.7 Å². The molecule has 0 saturated heterocycles. The molecule has 1 aromatic heterocycles. The average molecular weight is 404 g/mol. The van der Waals surface area contributed by atoms with E-state index in [0.29, 0.717) is 29.8 Å². The summed E-state index contributed by atoms with van der Waals surface area (Å²) in [5.41, 5.74) is 4.29. The molecular weight excluding hydrogens is 370 g/mol. The molecule has 0 fully saturated rings. The molecule has 0 aliphatic rings. The van der Waals surface area contributed by atoms with Crippen molar-refractivity contribution in [1.29, 1.82) is 0 Å². The van der Waals surface area contributed by atoms with Crippen molar-refractivity contribution >= 4 is 11.6 Å². The molecule has 0 radical (unpaired) electrons. The molecule has 8 nitrogen and oxygen atoms in total. The number of nitrogens with one attached hydrogen (secondary N) is 2. The van der Waals surface area contributed by atoms with Crippen molar-refractivity contribution in [3.8, 4) is 17.2 Å². The number of aliphatic imine (C=N–C) groups is 1. The normalized spacial score (nSPS) is 11.3. The Morgan fingerprint density at radius 1 is 1.03 bits per heavy atom. The van der Waals surface area contributed by atoms with E-state index in [2.05, 4.69) is 29.6 Å². The predicted molar refractivity (Wildman–Crippen MR) is 117 cm³/mol. The summed E-state index contributed by atoms with van der Waals surface area (Å²) < 4.78 is 18.2. The Morgan fingerprint density at radius 2 is 1.69 bits per heavy atom. The van der Waals surface area contributed by atoms with Crippen molar-refractivity contribution in [1.82, 2.24) is 15.1 Å². The van der Waals surface area contributed by atoms with E-state index in [0.717, 1.165) is 30.8 Å². The van der Waals surface area contributed by atoms with Crippen LogP contribution in [0.25, 0.3) is 0 Å². The SMILES string of the molecule is CCNC(=NCc1c(CC)nn(C)c1CC)Nc1cc(OC)c(OC)c(OC)c1. The maximum Gasteiger partial charge on any atom is 0.203 e. The first-order chi connectivity index (χ1) is 14.0. The number of anilines is 1. The quantitative estimate of drug-likeness (QED) is 0.494. The highest BCUT2D eigenvalue weighted by molar-refractivity contribution is 5.94. The van der Waals surface area contributed by atoms with E-state index in [4.69, 9.17) is 19.2 Å². The molecule has 0 spiro atoms. The van der Waals surface area contributed by atoms with E-state index in [-0.39, 0.29) is 0 Å². The topological polar surface area (TPSA) is 81.9 Å². The van der Waals surface area contributed by atoms with Gasteiger partial charge in [0.05, 0.1) is 33.6 Å². The van der Waals surface area contributed by atoms with Crippen molar-refractivity contribution in [3.05, 3.63) is 29.1 Å². The number of ether oxygens (including phenoxy) is 3. The van der Waals surface area contributed by atoms with Gasteiger partial charge in [0.1, 0.15) is 0 Å². The Balaban J connectivity index is 2.34. The third-order valence-electron chi connectivity index (χ3n) is 4.69. The van der Waals surface area contributed by atoms with Crippen molar-refractivity contribution < 1.29 is 14.2 Å². The van der Waals surface area contributed by atoms with E-state index in [1.165, 1.54) is 11.3 Å². The Kier molecular flexibility index (Phi) is 8.18. The van der Waals surface area contributed by atoms with Crippen LogP contribution in [0.2, 0.25) is 0 Å². The van der Waals surface area contributed by atoms with Crippen LogP contribution in [-0.4, -0.2) is 43.6 Å². The van der Waals surface area contributed by atoms with Crippen LogP contribution in [0.3, 0.4) is 0 Å². The predicted octanol–water partition coefficient (Wildman–Crippen LogP) is 3.15. The molecule has 0 aliphatic heterocycles. The number of aromatic nitrogens is 2.